The highest BCUT2D eigenvalue weighted by Gasteiger charge is 2.24. The van der Waals surface area contributed by atoms with E-state index in [1.54, 1.807) is 0 Å². The molecule has 2 N–H and O–H groups in total. The summed E-state index contributed by atoms with van der Waals surface area (Å²) in [6.45, 7) is 0. The average molecular weight is 323 g/mol. The summed E-state index contributed by atoms with van der Waals surface area (Å²) in [5.74, 6) is -2.01. The molecule has 2 rings (SSSR count). The van der Waals surface area contributed by atoms with Crippen molar-refractivity contribution < 1.29 is 23.8 Å². The molecule has 0 spiro atoms. The number of phenols is 1. The summed E-state index contributed by atoms with van der Waals surface area (Å²) >= 11 is 0.906. The van der Waals surface area contributed by atoms with Gasteiger partial charge in [-0.1, -0.05) is 0 Å². The molecule has 0 atom stereocenters. The van der Waals surface area contributed by atoms with Crippen molar-refractivity contribution >= 4 is 35.0 Å². The van der Waals surface area contributed by atoms with Crippen LogP contribution in [0.15, 0.2) is 39.4 Å². The summed E-state index contributed by atoms with van der Waals surface area (Å²) in [6.07, 6.45) is 2.17. The molecule has 114 valence electrons. The monoisotopic (exact) mass is 323 g/mol. The van der Waals surface area contributed by atoms with Crippen LogP contribution >= 0.6 is 11.8 Å². The van der Waals surface area contributed by atoms with Gasteiger partial charge in [0.25, 0.3) is 5.91 Å². The Bertz CT molecular complexity index is 715. The van der Waals surface area contributed by atoms with Crippen molar-refractivity contribution in [3.05, 3.63) is 40.6 Å². The van der Waals surface area contributed by atoms with Crippen LogP contribution in [-0.2, 0) is 14.3 Å². The summed E-state index contributed by atoms with van der Waals surface area (Å²) in [5.41, 5.74) is 0.127. The molecule has 1 aliphatic heterocycles. The van der Waals surface area contributed by atoms with Crippen LogP contribution in [-0.4, -0.2) is 35.5 Å². The molecule has 1 fully saturated rings. The van der Waals surface area contributed by atoms with Gasteiger partial charge in [0.2, 0.25) is 0 Å². The van der Waals surface area contributed by atoms with Gasteiger partial charge in [0, 0.05) is 17.7 Å². The van der Waals surface area contributed by atoms with Gasteiger partial charge in [0.05, 0.1) is 18.2 Å². The van der Waals surface area contributed by atoms with E-state index in [1.165, 1.54) is 19.2 Å². The zero-order chi connectivity index (χ0) is 16.1. The number of aromatic hydroxyl groups is 1. The van der Waals surface area contributed by atoms with Gasteiger partial charge in [-0.3, -0.25) is 10.1 Å². The molecule has 1 heterocycles. The second-order valence-corrected chi connectivity index (χ2v) is 4.97. The van der Waals surface area contributed by atoms with Gasteiger partial charge in [0.15, 0.2) is 5.17 Å². The molecule has 1 aromatic carbocycles. The Kier molecular flexibility index (Phi) is 4.89. The number of hydrogen-bond acceptors (Lipinski definition) is 7. The normalized spacial score (nSPS) is 18.2. The lowest BCUT2D eigenvalue weighted by Crippen LogP contribution is -2.19. The minimum absolute atomic E-state index is 0.122. The number of hydrogen-bond donors (Lipinski definition) is 2. The predicted molar refractivity (Wildman–Crippen MR) is 78.9 cm³/mol. The standard InChI is InChI=1S/C13H10FN3O4S/c1-21-11(19)5-10-12(20)16-13(22-10)17-15-6-7-2-3-8(18)4-9(7)14/h2-6,18H,1H3,(H,16,17,20)/b10-5+,15-6?. The van der Waals surface area contributed by atoms with Gasteiger partial charge in [-0.05, 0) is 23.9 Å². The van der Waals surface area contributed by atoms with E-state index in [0.717, 1.165) is 30.1 Å². The molecule has 1 amide bonds. The molecule has 0 unspecified atom stereocenters. The number of phenolic OH excluding ortho intramolecular Hbond substituents is 1. The summed E-state index contributed by atoms with van der Waals surface area (Å²) in [5, 5.41) is 19.0. The smallest absolute Gasteiger partial charge is 0.331 e. The van der Waals surface area contributed by atoms with Gasteiger partial charge in [-0.2, -0.15) is 5.10 Å². The van der Waals surface area contributed by atoms with Crippen molar-refractivity contribution in [2.24, 2.45) is 10.2 Å². The fourth-order valence-corrected chi connectivity index (χ4v) is 2.14. The third-order valence-electron chi connectivity index (χ3n) is 2.43. The summed E-state index contributed by atoms with van der Waals surface area (Å²) < 4.78 is 17.8. The van der Waals surface area contributed by atoms with E-state index in [1.807, 2.05) is 0 Å². The highest BCUT2D eigenvalue weighted by molar-refractivity contribution is 8.18. The molecule has 0 bridgehead atoms. The Hall–Kier alpha value is -2.68. The average Bonchev–Trinajstić information content (AvgIpc) is 2.81. The first-order valence-corrected chi connectivity index (χ1v) is 6.69. The number of nitrogens with one attached hydrogen (secondary N) is 1. The first kappa shape index (κ1) is 15.7. The quantitative estimate of drug-likeness (QED) is 0.376. The Labute approximate surface area is 128 Å². The van der Waals surface area contributed by atoms with Crippen LogP contribution in [0.4, 0.5) is 4.39 Å². The second-order valence-electron chi connectivity index (χ2n) is 3.94. The van der Waals surface area contributed by atoms with E-state index in [-0.39, 0.29) is 21.4 Å². The van der Waals surface area contributed by atoms with Crippen LogP contribution in [0.1, 0.15) is 5.56 Å². The maximum atomic E-state index is 13.4. The molecule has 0 saturated carbocycles. The first-order chi connectivity index (χ1) is 10.5. The van der Waals surface area contributed by atoms with Crippen LogP contribution in [0.2, 0.25) is 0 Å². The lowest BCUT2D eigenvalue weighted by Gasteiger charge is -1.96. The first-order valence-electron chi connectivity index (χ1n) is 5.88. The van der Waals surface area contributed by atoms with Crippen molar-refractivity contribution in [3.8, 4) is 5.75 Å². The van der Waals surface area contributed by atoms with Crippen molar-refractivity contribution in [1.29, 1.82) is 0 Å². The van der Waals surface area contributed by atoms with E-state index >= 15 is 0 Å². The Balaban J connectivity index is 2.08. The number of carbonyl (C=O) groups excluding carboxylic acids is 2. The molecule has 22 heavy (non-hydrogen) atoms. The highest BCUT2D eigenvalue weighted by Crippen LogP contribution is 2.23. The van der Waals surface area contributed by atoms with E-state index in [0.29, 0.717) is 0 Å². The fraction of sp³-hybridized carbons (Fsp3) is 0.0769. The van der Waals surface area contributed by atoms with E-state index in [2.05, 4.69) is 20.3 Å². The van der Waals surface area contributed by atoms with Gasteiger partial charge in [0.1, 0.15) is 11.6 Å². The lowest BCUT2D eigenvalue weighted by atomic mass is 10.2. The van der Waals surface area contributed by atoms with Gasteiger partial charge >= 0.3 is 5.97 Å². The number of thioether (sulfide) groups is 1. The summed E-state index contributed by atoms with van der Waals surface area (Å²) in [7, 11) is 1.20. The number of ether oxygens (including phenoxy) is 1. The predicted octanol–water partition coefficient (Wildman–Crippen LogP) is 1.14. The maximum absolute atomic E-state index is 13.4. The van der Waals surface area contributed by atoms with Gasteiger partial charge in [-0.25, -0.2) is 9.18 Å². The number of halogens is 1. The number of esters is 1. The molecule has 7 nitrogen and oxygen atoms in total. The molecular formula is C13H10FN3O4S. The molecule has 0 aromatic heterocycles. The number of amidine groups is 1. The maximum Gasteiger partial charge on any atom is 0.331 e. The van der Waals surface area contributed by atoms with Crippen LogP contribution in [0.3, 0.4) is 0 Å². The number of amides is 1. The zero-order valence-electron chi connectivity index (χ0n) is 11.2. The van der Waals surface area contributed by atoms with Crippen molar-refractivity contribution in [2.75, 3.05) is 7.11 Å². The Morgan fingerprint density at radius 3 is 2.95 bits per heavy atom. The lowest BCUT2D eigenvalue weighted by molar-refractivity contribution is -0.135. The molecule has 1 saturated heterocycles. The van der Waals surface area contributed by atoms with Crippen LogP contribution in [0.25, 0.3) is 0 Å². The molecule has 0 radical (unpaired) electrons. The molecular weight excluding hydrogens is 313 g/mol. The number of methoxy groups -OCH3 is 1. The Morgan fingerprint density at radius 1 is 1.50 bits per heavy atom. The number of benzene rings is 1. The number of nitrogens with zero attached hydrogens (tertiary/aromatic N) is 2. The van der Waals surface area contributed by atoms with E-state index in [4.69, 9.17) is 5.11 Å². The van der Waals surface area contributed by atoms with Crippen LogP contribution in [0, 0.1) is 5.82 Å². The number of carbonyl (C=O) groups is 2. The van der Waals surface area contributed by atoms with Crippen molar-refractivity contribution in [3.63, 3.8) is 0 Å². The summed E-state index contributed by atoms with van der Waals surface area (Å²) in [4.78, 5) is 22.7. The van der Waals surface area contributed by atoms with Gasteiger partial charge in [-0.15, -0.1) is 5.10 Å². The highest BCUT2D eigenvalue weighted by atomic mass is 32.2. The molecule has 9 heteroatoms. The van der Waals surface area contributed by atoms with E-state index < -0.39 is 17.7 Å². The zero-order valence-corrected chi connectivity index (χ0v) is 12.1. The van der Waals surface area contributed by atoms with Crippen molar-refractivity contribution in [2.45, 2.75) is 0 Å². The Morgan fingerprint density at radius 2 is 2.27 bits per heavy atom. The van der Waals surface area contributed by atoms with E-state index in [9.17, 15) is 14.0 Å². The van der Waals surface area contributed by atoms with Crippen LogP contribution in [0.5, 0.6) is 5.75 Å². The fourth-order valence-electron chi connectivity index (χ4n) is 1.41. The second kappa shape index (κ2) is 6.85. The minimum atomic E-state index is -0.659. The van der Waals surface area contributed by atoms with Gasteiger partial charge < -0.3 is 9.84 Å². The minimum Gasteiger partial charge on any atom is -0.508 e. The van der Waals surface area contributed by atoms with Crippen molar-refractivity contribution in [1.82, 2.24) is 5.32 Å². The van der Waals surface area contributed by atoms with Crippen LogP contribution < -0.4 is 5.32 Å². The third kappa shape index (κ3) is 3.92. The largest absolute Gasteiger partial charge is 0.508 e. The topological polar surface area (TPSA) is 100 Å². The molecule has 1 aromatic rings. The SMILES string of the molecule is COC(=O)/C=C1/S/C(=N\N=Cc2ccc(O)cc2F)NC1=O. The molecule has 0 aliphatic carbocycles. The molecule has 1 aliphatic rings. The summed E-state index contributed by atoms with van der Waals surface area (Å²) in [6, 6.07) is 3.58. The number of rotatable bonds is 3. The third-order valence-corrected chi connectivity index (χ3v) is 3.33.